The third kappa shape index (κ3) is 3.32. The minimum absolute atomic E-state index is 0.0471. The molecule has 0 radical (unpaired) electrons. The summed E-state index contributed by atoms with van der Waals surface area (Å²) in [5.41, 5.74) is 1.74. The second-order valence-corrected chi connectivity index (χ2v) is 6.87. The summed E-state index contributed by atoms with van der Waals surface area (Å²) >= 11 is 7.21. The van der Waals surface area contributed by atoms with Gasteiger partial charge in [-0.25, -0.2) is 10.1 Å². The van der Waals surface area contributed by atoms with Gasteiger partial charge in [0.15, 0.2) is 5.16 Å². The van der Waals surface area contributed by atoms with Crippen LogP contribution in [0.2, 0.25) is 5.02 Å². The van der Waals surface area contributed by atoms with Crippen LogP contribution in [0.3, 0.4) is 0 Å². The number of anilines is 1. The molecule has 4 aromatic rings. The first-order chi connectivity index (χ1) is 13.0. The highest BCUT2D eigenvalue weighted by molar-refractivity contribution is 7.99. The van der Waals surface area contributed by atoms with Crippen molar-refractivity contribution in [2.75, 3.05) is 11.1 Å². The molecular formula is C16H11ClN6O3S. The Morgan fingerprint density at radius 3 is 2.96 bits per heavy atom. The number of nitro groups is 1. The van der Waals surface area contributed by atoms with Crippen molar-refractivity contribution in [1.82, 2.24) is 19.6 Å². The lowest BCUT2D eigenvalue weighted by atomic mass is 10.3. The van der Waals surface area contributed by atoms with Gasteiger partial charge < -0.3 is 5.32 Å². The summed E-state index contributed by atoms with van der Waals surface area (Å²) < 4.78 is 1.83. The molecule has 0 spiro atoms. The van der Waals surface area contributed by atoms with E-state index in [-0.39, 0.29) is 28.1 Å². The number of hydrogen-bond donors (Lipinski definition) is 2. The van der Waals surface area contributed by atoms with Crippen molar-refractivity contribution in [3.8, 4) is 0 Å². The molecule has 136 valence electrons. The summed E-state index contributed by atoms with van der Waals surface area (Å²) in [4.78, 5) is 27.0. The summed E-state index contributed by atoms with van der Waals surface area (Å²) in [6.45, 7) is 0. The van der Waals surface area contributed by atoms with Crippen LogP contribution in [0.4, 0.5) is 11.4 Å². The van der Waals surface area contributed by atoms with E-state index < -0.39 is 4.92 Å². The summed E-state index contributed by atoms with van der Waals surface area (Å²) in [7, 11) is 0. The number of halogens is 1. The van der Waals surface area contributed by atoms with Gasteiger partial charge in [-0.1, -0.05) is 35.5 Å². The maximum Gasteiger partial charge on any atom is 0.271 e. The Labute approximate surface area is 160 Å². The average molecular weight is 403 g/mol. The van der Waals surface area contributed by atoms with Gasteiger partial charge in [-0.05, 0) is 18.2 Å². The van der Waals surface area contributed by atoms with Crippen LogP contribution in [0.25, 0.3) is 16.8 Å². The Balaban J connectivity index is 1.51. The number of non-ortho nitro benzene ring substituents is 1. The Morgan fingerprint density at radius 1 is 1.33 bits per heavy atom. The molecule has 2 heterocycles. The van der Waals surface area contributed by atoms with Crippen LogP contribution >= 0.6 is 23.4 Å². The lowest BCUT2D eigenvalue weighted by Crippen LogP contribution is -2.14. The first-order valence-electron chi connectivity index (χ1n) is 7.71. The van der Waals surface area contributed by atoms with E-state index in [0.29, 0.717) is 10.9 Å². The average Bonchev–Trinajstić information content (AvgIpc) is 3.21. The summed E-state index contributed by atoms with van der Waals surface area (Å²) in [5, 5.41) is 21.3. The quantitative estimate of drug-likeness (QED) is 0.299. The Morgan fingerprint density at radius 2 is 2.15 bits per heavy atom. The van der Waals surface area contributed by atoms with E-state index in [1.807, 2.05) is 28.7 Å². The Kier molecular flexibility index (Phi) is 4.42. The molecule has 0 bridgehead atoms. The van der Waals surface area contributed by atoms with E-state index >= 15 is 0 Å². The van der Waals surface area contributed by atoms with Gasteiger partial charge in [-0.3, -0.25) is 19.3 Å². The van der Waals surface area contributed by atoms with Gasteiger partial charge in [-0.15, -0.1) is 5.10 Å². The topological polar surface area (TPSA) is 118 Å². The molecule has 0 fully saturated rings. The van der Waals surface area contributed by atoms with Crippen LogP contribution < -0.4 is 5.32 Å². The number of amides is 1. The van der Waals surface area contributed by atoms with Crippen molar-refractivity contribution in [2.45, 2.75) is 5.16 Å². The molecule has 0 aliphatic carbocycles. The molecule has 0 aliphatic rings. The zero-order valence-corrected chi connectivity index (χ0v) is 15.1. The van der Waals surface area contributed by atoms with Gasteiger partial charge in [0.25, 0.3) is 5.69 Å². The number of nitrogens with zero attached hydrogens (tertiary/aromatic N) is 4. The van der Waals surface area contributed by atoms with Crippen molar-refractivity contribution in [3.05, 3.63) is 57.6 Å². The van der Waals surface area contributed by atoms with Crippen molar-refractivity contribution < 1.29 is 9.72 Å². The van der Waals surface area contributed by atoms with Crippen LogP contribution in [0.1, 0.15) is 0 Å². The number of fused-ring (bicyclic) bond motifs is 3. The molecule has 0 aliphatic heterocycles. The third-order valence-corrected chi connectivity index (χ3v) is 5.04. The number of aromatic nitrogens is 4. The maximum atomic E-state index is 12.3. The molecule has 27 heavy (non-hydrogen) atoms. The summed E-state index contributed by atoms with van der Waals surface area (Å²) in [6.07, 6.45) is 0. The van der Waals surface area contributed by atoms with E-state index in [2.05, 4.69) is 20.5 Å². The lowest BCUT2D eigenvalue weighted by Gasteiger charge is -2.06. The molecule has 2 N–H and O–H groups in total. The molecule has 0 saturated heterocycles. The SMILES string of the molecule is O=C(CSc1n[nH]c2nc3ccccc3n12)Nc1cc([N+](=O)[O-])ccc1Cl. The molecule has 2 aromatic heterocycles. The number of nitro benzene ring substituents is 1. The Hall–Kier alpha value is -3.11. The predicted molar refractivity (Wildman–Crippen MR) is 102 cm³/mol. The fourth-order valence-electron chi connectivity index (χ4n) is 2.58. The summed E-state index contributed by atoms with van der Waals surface area (Å²) in [5.74, 6) is 0.273. The molecule has 4 rings (SSSR count). The second kappa shape index (κ2) is 6.89. The number of nitrogens with one attached hydrogen (secondary N) is 2. The van der Waals surface area contributed by atoms with Crippen LogP contribution in [-0.2, 0) is 4.79 Å². The minimum atomic E-state index is -0.550. The van der Waals surface area contributed by atoms with Gasteiger partial charge in [0.1, 0.15) is 0 Å². The van der Waals surface area contributed by atoms with Crippen molar-refractivity contribution >= 4 is 57.5 Å². The zero-order valence-electron chi connectivity index (χ0n) is 13.5. The predicted octanol–water partition coefficient (Wildman–Crippen LogP) is 3.50. The first kappa shape index (κ1) is 17.3. The van der Waals surface area contributed by atoms with Crippen LogP contribution in [0, 0.1) is 10.1 Å². The lowest BCUT2D eigenvalue weighted by molar-refractivity contribution is -0.384. The standard InChI is InChI=1S/C16H11ClN6O3S/c17-10-6-5-9(23(25)26)7-12(10)18-14(24)8-27-16-21-20-15-19-11-3-1-2-4-13(11)22(15)16/h1-7H,8H2,(H,18,24)(H,19,20). The number of aromatic amines is 1. The third-order valence-electron chi connectivity index (χ3n) is 3.77. The number of hydrogen-bond acceptors (Lipinski definition) is 6. The number of benzene rings is 2. The highest BCUT2D eigenvalue weighted by Gasteiger charge is 2.15. The molecule has 11 heteroatoms. The highest BCUT2D eigenvalue weighted by atomic mass is 35.5. The van der Waals surface area contributed by atoms with Gasteiger partial charge in [0.05, 0.1) is 32.4 Å². The summed E-state index contributed by atoms with van der Waals surface area (Å²) in [6, 6.07) is 11.5. The maximum absolute atomic E-state index is 12.3. The van der Waals surface area contributed by atoms with E-state index in [1.165, 1.54) is 30.0 Å². The smallest absolute Gasteiger partial charge is 0.271 e. The largest absolute Gasteiger partial charge is 0.324 e. The fourth-order valence-corrected chi connectivity index (χ4v) is 3.50. The number of carbonyl (C=O) groups excluding carboxylic acids is 1. The van der Waals surface area contributed by atoms with Crippen molar-refractivity contribution in [1.29, 1.82) is 0 Å². The fraction of sp³-hybridized carbons (Fsp3) is 0.0625. The molecule has 0 atom stereocenters. The van der Waals surface area contributed by atoms with E-state index in [0.717, 1.165) is 11.0 Å². The molecule has 0 unspecified atom stereocenters. The number of rotatable bonds is 5. The van der Waals surface area contributed by atoms with Gasteiger partial charge in [0.2, 0.25) is 11.7 Å². The number of thioether (sulfide) groups is 1. The molecular weight excluding hydrogens is 392 g/mol. The van der Waals surface area contributed by atoms with Gasteiger partial charge >= 0.3 is 0 Å². The van der Waals surface area contributed by atoms with Crippen LogP contribution in [0.15, 0.2) is 47.6 Å². The van der Waals surface area contributed by atoms with E-state index in [4.69, 9.17) is 11.6 Å². The van der Waals surface area contributed by atoms with Gasteiger partial charge in [-0.2, -0.15) is 0 Å². The molecule has 0 saturated carbocycles. The number of imidazole rings is 1. The zero-order chi connectivity index (χ0) is 19.0. The van der Waals surface area contributed by atoms with Gasteiger partial charge in [0, 0.05) is 12.1 Å². The number of carbonyl (C=O) groups is 1. The van der Waals surface area contributed by atoms with E-state index in [1.54, 1.807) is 0 Å². The minimum Gasteiger partial charge on any atom is -0.324 e. The normalized spacial score (nSPS) is 11.1. The van der Waals surface area contributed by atoms with Crippen LogP contribution in [0.5, 0.6) is 0 Å². The molecule has 2 aromatic carbocycles. The van der Waals surface area contributed by atoms with Crippen molar-refractivity contribution in [2.24, 2.45) is 0 Å². The van der Waals surface area contributed by atoms with E-state index in [9.17, 15) is 14.9 Å². The highest BCUT2D eigenvalue weighted by Crippen LogP contribution is 2.27. The molecule has 1 amide bonds. The Bertz CT molecular complexity index is 1190. The second-order valence-electron chi connectivity index (χ2n) is 5.52. The monoisotopic (exact) mass is 402 g/mol. The molecule has 9 nitrogen and oxygen atoms in total. The number of para-hydroxylation sites is 2. The van der Waals surface area contributed by atoms with Crippen LogP contribution in [-0.4, -0.2) is 36.2 Å². The van der Waals surface area contributed by atoms with Crippen molar-refractivity contribution in [3.63, 3.8) is 0 Å². The number of H-pyrrole nitrogens is 1. The first-order valence-corrected chi connectivity index (χ1v) is 9.07.